The molecule has 0 aliphatic rings. The molecule has 1 heterocycles. The summed E-state index contributed by atoms with van der Waals surface area (Å²) in [4.78, 5) is 5.51. The number of hydrogen-bond acceptors (Lipinski definition) is 4. The second-order valence-corrected chi connectivity index (χ2v) is 5.81. The first-order valence-corrected chi connectivity index (χ1v) is 6.97. The van der Waals surface area contributed by atoms with Crippen LogP contribution >= 0.6 is 11.3 Å². The van der Waals surface area contributed by atoms with Gasteiger partial charge in [0.25, 0.3) is 0 Å². The summed E-state index contributed by atoms with van der Waals surface area (Å²) in [6.07, 6.45) is 0. The molecule has 19 heavy (non-hydrogen) atoms. The highest BCUT2D eigenvalue weighted by Crippen LogP contribution is 2.31. The first kappa shape index (κ1) is 14.0. The Morgan fingerprint density at radius 3 is 2.79 bits per heavy atom. The van der Waals surface area contributed by atoms with E-state index in [9.17, 15) is 9.50 Å². The highest BCUT2D eigenvalue weighted by molar-refractivity contribution is 7.15. The number of nitrogens with one attached hydrogen (secondary N) is 1. The van der Waals surface area contributed by atoms with Gasteiger partial charge < -0.3 is 10.4 Å². The third kappa shape index (κ3) is 3.30. The number of benzene rings is 1. The second kappa shape index (κ2) is 5.67. The Labute approximate surface area is 116 Å². The summed E-state index contributed by atoms with van der Waals surface area (Å²) in [5.74, 6) is -0.520. The van der Waals surface area contributed by atoms with Crippen molar-refractivity contribution in [2.45, 2.75) is 33.4 Å². The average Bonchev–Trinajstić information content (AvgIpc) is 2.67. The van der Waals surface area contributed by atoms with Crippen molar-refractivity contribution in [2.75, 3.05) is 0 Å². The van der Waals surface area contributed by atoms with Gasteiger partial charge in [-0.25, -0.2) is 9.37 Å². The van der Waals surface area contributed by atoms with Gasteiger partial charge in [0.15, 0.2) is 0 Å². The third-order valence-corrected chi connectivity index (χ3v) is 3.94. The van der Waals surface area contributed by atoms with Gasteiger partial charge in [-0.1, -0.05) is 13.8 Å². The molecule has 0 aliphatic carbocycles. The van der Waals surface area contributed by atoms with Crippen molar-refractivity contribution in [3.05, 3.63) is 34.6 Å². The summed E-state index contributed by atoms with van der Waals surface area (Å²) in [5, 5.41) is 13.2. The molecule has 0 saturated heterocycles. The molecule has 0 aliphatic heterocycles. The predicted octanol–water partition coefficient (Wildman–Crippen LogP) is 3.46. The van der Waals surface area contributed by atoms with E-state index in [1.54, 1.807) is 6.07 Å². The molecular weight excluding hydrogens is 263 g/mol. The van der Waals surface area contributed by atoms with Crippen LogP contribution in [0.3, 0.4) is 0 Å². The zero-order valence-electron chi connectivity index (χ0n) is 11.2. The number of rotatable bonds is 4. The van der Waals surface area contributed by atoms with Crippen molar-refractivity contribution in [1.82, 2.24) is 10.3 Å². The van der Waals surface area contributed by atoms with E-state index < -0.39 is 5.82 Å². The number of hydrogen-bond donors (Lipinski definition) is 2. The fraction of sp³-hybridized carbons (Fsp3) is 0.357. The van der Waals surface area contributed by atoms with Crippen LogP contribution < -0.4 is 5.32 Å². The zero-order valence-corrected chi connectivity index (χ0v) is 12.0. The summed E-state index contributed by atoms with van der Waals surface area (Å²) in [6.45, 7) is 6.82. The lowest BCUT2D eigenvalue weighted by molar-refractivity contribution is 0.469. The van der Waals surface area contributed by atoms with Gasteiger partial charge in [-0.05, 0) is 19.1 Å². The third-order valence-electron chi connectivity index (χ3n) is 2.75. The van der Waals surface area contributed by atoms with Crippen LogP contribution in [0, 0.1) is 12.7 Å². The molecule has 102 valence electrons. The maximum atomic E-state index is 13.8. The Kier molecular flexibility index (Phi) is 4.17. The molecule has 2 rings (SSSR count). The number of phenolic OH excluding ortho intramolecular Hbond substituents is 1. The van der Waals surface area contributed by atoms with Crippen LogP contribution in [0.1, 0.15) is 24.4 Å². The van der Waals surface area contributed by atoms with Gasteiger partial charge in [-0.3, -0.25) is 0 Å². The maximum Gasteiger partial charge on any atom is 0.137 e. The number of aromatic nitrogens is 1. The number of nitrogens with zero attached hydrogens (tertiary/aromatic N) is 1. The van der Waals surface area contributed by atoms with Crippen LogP contribution in [-0.2, 0) is 6.54 Å². The molecule has 2 aromatic rings. The Hall–Kier alpha value is -1.46. The molecule has 3 nitrogen and oxygen atoms in total. The normalized spacial score (nSPS) is 11.2. The van der Waals surface area contributed by atoms with Gasteiger partial charge in [-0.15, -0.1) is 11.3 Å². The molecule has 0 saturated carbocycles. The molecule has 0 spiro atoms. The molecule has 0 fully saturated rings. The fourth-order valence-corrected chi connectivity index (χ4v) is 2.72. The molecule has 0 bridgehead atoms. The summed E-state index contributed by atoms with van der Waals surface area (Å²) in [7, 11) is 0. The molecule has 0 amide bonds. The summed E-state index contributed by atoms with van der Waals surface area (Å²) >= 11 is 1.48. The van der Waals surface area contributed by atoms with E-state index >= 15 is 0 Å². The fourth-order valence-electron chi connectivity index (χ4n) is 1.68. The highest BCUT2D eigenvalue weighted by Gasteiger charge is 2.13. The number of halogens is 1. The minimum atomic E-state index is -0.447. The van der Waals surface area contributed by atoms with Crippen molar-refractivity contribution >= 4 is 11.3 Å². The average molecular weight is 280 g/mol. The number of aryl methyl sites for hydroxylation is 1. The minimum absolute atomic E-state index is 0.0729. The van der Waals surface area contributed by atoms with E-state index in [-0.39, 0.29) is 5.75 Å². The lowest BCUT2D eigenvalue weighted by atomic mass is 10.2. The van der Waals surface area contributed by atoms with Crippen molar-refractivity contribution in [2.24, 2.45) is 0 Å². The topological polar surface area (TPSA) is 45.2 Å². The van der Waals surface area contributed by atoms with Crippen LogP contribution in [0.4, 0.5) is 4.39 Å². The van der Waals surface area contributed by atoms with Crippen LogP contribution in [0.2, 0.25) is 0 Å². The second-order valence-electron chi connectivity index (χ2n) is 4.73. The largest absolute Gasteiger partial charge is 0.508 e. The molecule has 2 N–H and O–H groups in total. The first-order valence-electron chi connectivity index (χ1n) is 6.16. The number of aromatic hydroxyl groups is 1. The maximum absolute atomic E-state index is 13.8. The number of phenols is 1. The van der Waals surface area contributed by atoms with Crippen molar-refractivity contribution in [1.29, 1.82) is 0 Å². The molecule has 0 atom stereocenters. The Bertz CT molecular complexity index is 581. The predicted molar refractivity (Wildman–Crippen MR) is 75.9 cm³/mol. The van der Waals surface area contributed by atoms with E-state index in [1.165, 1.54) is 17.4 Å². The summed E-state index contributed by atoms with van der Waals surface area (Å²) in [6, 6.07) is 4.54. The van der Waals surface area contributed by atoms with E-state index in [0.29, 0.717) is 16.6 Å². The number of thiazole rings is 1. The minimum Gasteiger partial charge on any atom is -0.508 e. The highest BCUT2D eigenvalue weighted by atomic mass is 32.1. The van der Waals surface area contributed by atoms with Crippen LogP contribution in [0.5, 0.6) is 5.75 Å². The van der Waals surface area contributed by atoms with Gasteiger partial charge in [-0.2, -0.15) is 0 Å². The standard InChI is InChI=1S/C14H17FN2OS/c1-8(2)16-7-13-9(3)17-14(19-13)11-5-4-10(18)6-12(11)15/h4-6,8,16,18H,7H2,1-3H3. The van der Waals surface area contributed by atoms with E-state index in [2.05, 4.69) is 24.1 Å². The lowest BCUT2D eigenvalue weighted by Crippen LogP contribution is -2.21. The van der Waals surface area contributed by atoms with Gasteiger partial charge in [0.1, 0.15) is 16.6 Å². The molecule has 1 aromatic carbocycles. The van der Waals surface area contributed by atoms with E-state index in [4.69, 9.17) is 0 Å². The molecule has 5 heteroatoms. The van der Waals surface area contributed by atoms with Crippen LogP contribution in [0.25, 0.3) is 10.6 Å². The Morgan fingerprint density at radius 2 is 2.16 bits per heavy atom. The monoisotopic (exact) mass is 280 g/mol. The quantitative estimate of drug-likeness (QED) is 0.901. The molecule has 0 unspecified atom stereocenters. The van der Waals surface area contributed by atoms with Gasteiger partial charge in [0, 0.05) is 29.1 Å². The van der Waals surface area contributed by atoms with Crippen molar-refractivity contribution in [3.8, 4) is 16.3 Å². The van der Waals surface area contributed by atoms with Crippen LogP contribution in [-0.4, -0.2) is 16.1 Å². The van der Waals surface area contributed by atoms with Crippen molar-refractivity contribution in [3.63, 3.8) is 0 Å². The van der Waals surface area contributed by atoms with Crippen LogP contribution in [0.15, 0.2) is 18.2 Å². The molecule has 0 radical (unpaired) electrons. The lowest BCUT2D eigenvalue weighted by Gasteiger charge is -2.05. The summed E-state index contributed by atoms with van der Waals surface area (Å²) in [5.41, 5.74) is 1.35. The van der Waals surface area contributed by atoms with Gasteiger partial charge in [0.05, 0.1) is 5.69 Å². The van der Waals surface area contributed by atoms with Gasteiger partial charge in [0.2, 0.25) is 0 Å². The SMILES string of the molecule is Cc1nc(-c2ccc(O)cc2F)sc1CNC(C)C. The Balaban J connectivity index is 2.28. The first-order chi connectivity index (χ1) is 8.97. The Morgan fingerprint density at radius 1 is 1.42 bits per heavy atom. The zero-order chi connectivity index (χ0) is 14.0. The molecule has 1 aromatic heterocycles. The van der Waals surface area contributed by atoms with Gasteiger partial charge >= 0.3 is 0 Å². The summed E-state index contributed by atoms with van der Waals surface area (Å²) < 4.78 is 13.8. The smallest absolute Gasteiger partial charge is 0.137 e. The van der Waals surface area contributed by atoms with Crippen molar-refractivity contribution < 1.29 is 9.50 Å². The van der Waals surface area contributed by atoms with E-state index in [0.717, 1.165) is 23.2 Å². The van der Waals surface area contributed by atoms with E-state index in [1.807, 2.05) is 6.92 Å². The molecular formula is C14H17FN2OS.